The molecule has 50 heavy (non-hydrogen) atoms. The molecule has 12 nitrogen and oxygen atoms in total. The van der Waals surface area contributed by atoms with E-state index in [0.29, 0.717) is 23.5 Å². The minimum atomic E-state index is -4.33. The van der Waals surface area contributed by atoms with Gasteiger partial charge in [-0.05, 0) is 72.2 Å². The Morgan fingerprint density at radius 2 is 1.54 bits per heavy atom. The predicted molar refractivity (Wildman–Crippen MR) is 191 cm³/mol. The topological polar surface area (TPSA) is 185 Å². The van der Waals surface area contributed by atoms with Crippen molar-refractivity contribution in [2.24, 2.45) is 0 Å². The van der Waals surface area contributed by atoms with E-state index < -0.39 is 48.7 Å². The molecule has 0 bridgehead atoms. The van der Waals surface area contributed by atoms with Crippen LogP contribution in [0, 0.1) is 0 Å². The summed E-state index contributed by atoms with van der Waals surface area (Å²) >= 11 is 0. The summed E-state index contributed by atoms with van der Waals surface area (Å²) in [7, 11) is -8.24. The fraction of sp³-hybridized carbons (Fsp3) is 0.417. The first kappa shape index (κ1) is 38.4. The van der Waals surface area contributed by atoms with E-state index in [9.17, 15) is 31.2 Å². The highest BCUT2D eigenvalue weighted by molar-refractivity contribution is 8.07. The number of carbonyl (C=O) groups is 3. The molecule has 14 heteroatoms. The maximum absolute atomic E-state index is 13.5. The van der Waals surface area contributed by atoms with Crippen LogP contribution in [0.3, 0.4) is 0 Å². The number of aliphatic carboxylic acids is 1. The first-order valence-electron chi connectivity index (χ1n) is 16.7. The Bertz CT molecular complexity index is 1860. The number of nitrogens with one attached hydrogen (secondary N) is 3. The zero-order chi connectivity index (χ0) is 36.3. The van der Waals surface area contributed by atoms with Gasteiger partial charge in [0.05, 0.1) is 19.1 Å². The number of amides is 3. The Morgan fingerprint density at radius 1 is 0.900 bits per heavy atom. The second-order valence-corrected chi connectivity index (χ2v) is 17.0. The number of carboxylic acid groups (broad SMARTS) is 1. The molecule has 1 atom stereocenters. The van der Waals surface area contributed by atoms with Crippen LogP contribution in [0.4, 0.5) is 10.5 Å². The number of ether oxygens (including phenoxy) is 1. The summed E-state index contributed by atoms with van der Waals surface area (Å²) in [5, 5.41) is 15.9. The molecule has 3 aromatic rings. The van der Waals surface area contributed by atoms with Gasteiger partial charge in [0.2, 0.25) is 0 Å². The lowest BCUT2D eigenvalue weighted by atomic mass is 9.83. The largest absolute Gasteiger partial charge is 0.492 e. The lowest BCUT2D eigenvalue weighted by Gasteiger charge is -2.24. The second-order valence-electron chi connectivity index (χ2n) is 12.6. The highest BCUT2D eigenvalue weighted by Gasteiger charge is 2.26. The third-order valence-electron chi connectivity index (χ3n) is 8.41. The third kappa shape index (κ3) is 11.3. The van der Waals surface area contributed by atoms with Gasteiger partial charge in [0.1, 0.15) is 10.6 Å². The number of hydrogen-bond donors (Lipinski definition) is 4. The van der Waals surface area contributed by atoms with Crippen molar-refractivity contribution in [3.63, 3.8) is 0 Å². The molecule has 1 saturated carbocycles. The molecule has 1 aliphatic carbocycles. The monoisotopic (exact) mass is 727 g/mol. The zero-order valence-corrected chi connectivity index (χ0v) is 29.9. The minimum Gasteiger partial charge on any atom is -0.492 e. The van der Waals surface area contributed by atoms with E-state index in [-0.39, 0.29) is 35.9 Å². The molecule has 0 aromatic heterocycles. The smallest absolute Gasteiger partial charge is 0.319 e. The Hall–Kier alpha value is -4.43. The van der Waals surface area contributed by atoms with Crippen LogP contribution in [0.5, 0.6) is 5.75 Å². The average Bonchev–Trinajstić information content (AvgIpc) is 3.07. The van der Waals surface area contributed by atoms with Crippen LogP contribution in [-0.2, 0) is 24.5 Å². The van der Waals surface area contributed by atoms with Gasteiger partial charge in [0.15, 0.2) is 24.8 Å². The van der Waals surface area contributed by atoms with Crippen molar-refractivity contribution in [2.45, 2.75) is 75.1 Å². The number of hydrogen-bond acceptors (Lipinski definition) is 8. The van der Waals surface area contributed by atoms with Gasteiger partial charge in [-0.3, -0.25) is 9.59 Å². The van der Waals surface area contributed by atoms with E-state index in [1.807, 2.05) is 19.1 Å². The van der Waals surface area contributed by atoms with Crippen molar-refractivity contribution >= 4 is 43.3 Å². The van der Waals surface area contributed by atoms with Gasteiger partial charge in [-0.1, -0.05) is 69.0 Å². The van der Waals surface area contributed by atoms with Crippen LogP contribution in [0.1, 0.15) is 97.3 Å². The van der Waals surface area contributed by atoms with Crippen molar-refractivity contribution in [1.29, 1.82) is 0 Å². The summed E-state index contributed by atoms with van der Waals surface area (Å²) in [6.07, 6.45) is 7.97. The quantitative estimate of drug-likeness (QED) is 0.132. The standard InChI is InChI=1S/C36H45N3O9S2/c1-3-4-22-48-31-19-18-30(23-32(31)50(46,47)24-49(2,44)45)38-36(43)39-34(27-12-10-26(11-13-27)25-8-6-5-7-9-25)28-14-16-29(17-15-28)35(42)37-21-20-33(40)41/h10-19,23,25,34H,3-9,20-22,24H2,1-2H3,(H,37,42)(H,40,41)(H2,38,39,43). The van der Waals surface area contributed by atoms with Crippen LogP contribution in [0.15, 0.2) is 71.6 Å². The summed E-state index contributed by atoms with van der Waals surface area (Å²) < 4.78 is 55.9. The highest BCUT2D eigenvalue weighted by Crippen LogP contribution is 2.34. The number of sulfone groups is 2. The molecule has 4 rings (SSSR count). The summed E-state index contributed by atoms with van der Waals surface area (Å²) in [6.45, 7) is 2.16. The van der Waals surface area contributed by atoms with Gasteiger partial charge in [0.25, 0.3) is 5.91 Å². The van der Waals surface area contributed by atoms with Gasteiger partial charge in [-0.2, -0.15) is 0 Å². The minimum absolute atomic E-state index is 0.00363. The van der Waals surface area contributed by atoms with Crippen LogP contribution < -0.4 is 20.7 Å². The van der Waals surface area contributed by atoms with Crippen LogP contribution in [0.2, 0.25) is 0 Å². The Kier molecular flexibility index (Phi) is 13.4. The number of rotatable bonds is 16. The van der Waals surface area contributed by atoms with Crippen LogP contribution in [0.25, 0.3) is 0 Å². The molecule has 0 heterocycles. The van der Waals surface area contributed by atoms with Gasteiger partial charge in [-0.15, -0.1) is 0 Å². The lowest BCUT2D eigenvalue weighted by molar-refractivity contribution is -0.136. The van der Waals surface area contributed by atoms with Crippen molar-refractivity contribution in [3.05, 3.63) is 89.0 Å². The van der Waals surface area contributed by atoms with Crippen LogP contribution in [-0.4, -0.2) is 64.3 Å². The summed E-state index contributed by atoms with van der Waals surface area (Å²) in [5.41, 5.74) is 3.09. The van der Waals surface area contributed by atoms with E-state index in [1.165, 1.54) is 43.0 Å². The van der Waals surface area contributed by atoms with Crippen molar-refractivity contribution in [1.82, 2.24) is 10.6 Å². The Morgan fingerprint density at radius 3 is 2.14 bits per heavy atom. The molecule has 0 saturated heterocycles. The van der Waals surface area contributed by atoms with Gasteiger partial charge < -0.3 is 25.8 Å². The average molecular weight is 728 g/mol. The molecule has 4 N–H and O–H groups in total. The van der Waals surface area contributed by atoms with E-state index in [2.05, 4.69) is 28.1 Å². The molecule has 1 aliphatic rings. The molecule has 1 fully saturated rings. The molecule has 0 radical (unpaired) electrons. The molecule has 0 spiro atoms. The second kappa shape index (κ2) is 17.5. The molecule has 3 aromatic carbocycles. The molecule has 3 amide bonds. The van der Waals surface area contributed by atoms with Crippen LogP contribution >= 0.6 is 0 Å². The Balaban J connectivity index is 1.60. The number of urea groups is 1. The van der Waals surface area contributed by atoms with Gasteiger partial charge >= 0.3 is 12.0 Å². The fourth-order valence-corrected chi connectivity index (χ4v) is 9.39. The number of carbonyl (C=O) groups excluding carboxylic acids is 2. The molecular formula is C36H45N3O9S2. The molecule has 1 unspecified atom stereocenters. The van der Waals surface area contributed by atoms with Crippen molar-refractivity contribution < 1.29 is 41.1 Å². The lowest BCUT2D eigenvalue weighted by Crippen LogP contribution is -2.33. The number of benzene rings is 3. The number of carboxylic acids is 1. The Labute approximate surface area is 293 Å². The molecule has 0 aliphatic heterocycles. The molecular weight excluding hydrogens is 683 g/mol. The molecule has 270 valence electrons. The predicted octanol–water partition coefficient (Wildman–Crippen LogP) is 5.80. The number of unbranched alkanes of at least 4 members (excludes halogenated alkanes) is 1. The normalized spacial score (nSPS) is 14.4. The zero-order valence-electron chi connectivity index (χ0n) is 28.3. The first-order valence-corrected chi connectivity index (χ1v) is 20.4. The highest BCUT2D eigenvalue weighted by atomic mass is 32.3. The summed E-state index contributed by atoms with van der Waals surface area (Å²) in [4.78, 5) is 36.5. The van der Waals surface area contributed by atoms with E-state index in [0.717, 1.165) is 31.1 Å². The maximum atomic E-state index is 13.5. The van der Waals surface area contributed by atoms with E-state index in [1.54, 1.807) is 24.3 Å². The summed E-state index contributed by atoms with van der Waals surface area (Å²) in [6, 6.07) is 17.3. The summed E-state index contributed by atoms with van der Waals surface area (Å²) in [5.74, 6) is -0.976. The first-order chi connectivity index (χ1) is 23.8. The van der Waals surface area contributed by atoms with E-state index >= 15 is 0 Å². The van der Waals surface area contributed by atoms with Crippen molar-refractivity contribution in [3.8, 4) is 5.75 Å². The SMILES string of the molecule is CCCCOc1ccc(NC(=O)NC(c2ccc(C(=O)NCCC(=O)O)cc2)c2ccc(C3CCCCC3)cc2)cc1S(=O)(=O)CS(C)(=O)=O. The van der Waals surface area contributed by atoms with Crippen molar-refractivity contribution in [2.75, 3.05) is 29.8 Å². The third-order valence-corrected chi connectivity index (χ3v) is 12.4. The van der Waals surface area contributed by atoms with Gasteiger partial charge in [0, 0.05) is 24.1 Å². The number of anilines is 1. The van der Waals surface area contributed by atoms with Gasteiger partial charge in [-0.25, -0.2) is 21.6 Å². The fourth-order valence-electron chi connectivity index (χ4n) is 5.89. The maximum Gasteiger partial charge on any atom is 0.319 e. The van der Waals surface area contributed by atoms with E-state index in [4.69, 9.17) is 9.84 Å².